The molecule has 27 heavy (non-hydrogen) atoms. The van der Waals surface area contributed by atoms with Crippen LogP contribution in [-0.4, -0.2) is 5.97 Å². The Balaban J connectivity index is 0.00000261. The van der Waals surface area contributed by atoms with Gasteiger partial charge in [-0.2, -0.15) is 0 Å². The minimum atomic E-state index is -0.553. The summed E-state index contributed by atoms with van der Waals surface area (Å²) in [5.41, 5.74) is 9.11. The monoisotopic (exact) mass is 381 g/mol. The summed E-state index contributed by atoms with van der Waals surface area (Å²) in [7, 11) is 0. The fourth-order valence-electron chi connectivity index (χ4n) is 3.00. The van der Waals surface area contributed by atoms with Crippen LogP contribution in [-0.2, 0) is 10.3 Å². The fourth-order valence-corrected chi connectivity index (χ4v) is 3.00. The molecule has 0 aliphatic rings. The Morgan fingerprint density at radius 3 is 1.96 bits per heavy atom. The van der Waals surface area contributed by atoms with Gasteiger partial charge in [-0.25, -0.2) is 4.79 Å². The lowest BCUT2D eigenvalue weighted by Gasteiger charge is -2.27. The van der Waals surface area contributed by atoms with Crippen LogP contribution in [0.15, 0.2) is 84.9 Å². The van der Waals surface area contributed by atoms with Crippen molar-refractivity contribution in [3.05, 3.63) is 107 Å². The van der Waals surface area contributed by atoms with Crippen molar-refractivity contribution in [3.8, 4) is 0 Å². The Bertz CT molecular complexity index is 874. The second-order valence-electron chi connectivity index (χ2n) is 6.87. The fraction of sp³-hybridized carbons (Fsp3) is 0.174. The van der Waals surface area contributed by atoms with Crippen molar-refractivity contribution in [2.45, 2.75) is 25.5 Å². The number of halogens is 1. The van der Waals surface area contributed by atoms with Crippen molar-refractivity contribution < 1.29 is 9.53 Å². The lowest BCUT2D eigenvalue weighted by atomic mass is 9.87. The number of nitrogens with two attached hydrogens (primary N) is 1. The van der Waals surface area contributed by atoms with Gasteiger partial charge in [0, 0.05) is 11.1 Å². The summed E-state index contributed by atoms with van der Waals surface area (Å²) < 4.78 is 5.95. The first-order chi connectivity index (χ1) is 12.5. The Kier molecular flexibility index (Phi) is 6.78. The van der Waals surface area contributed by atoms with Crippen LogP contribution in [0.4, 0.5) is 0 Å². The lowest BCUT2D eigenvalue weighted by Crippen LogP contribution is -2.31. The first-order valence-electron chi connectivity index (χ1n) is 8.66. The Morgan fingerprint density at radius 2 is 1.37 bits per heavy atom. The predicted molar refractivity (Wildman–Crippen MR) is 111 cm³/mol. The van der Waals surface area contributed by atoms with Crippen molar-refractivity contribution in [1.82, 2.24) is 0 Å². The van der Waals surface area contributed by atoms with E-state index in [0.29, 0.717) is 5.56 Å². The molecule has 0 aliphatic heterocycles. The molecule has 0 aliphatic carbocycles. The molecule has 0 radical (unpaired) electrons. The maximum atomic E-state index is 12.7. The van der Waals surface area contributed by atoms with Crippen molar-refractivity contribution in [1.29, 1.82) is 0 Å². The number of hydrogen-bond acceptors (Lipinski definition) is 3. The van der Waals surface area contributed by atoms with Gasteiger partial charge in [-0.05, 0) is 37.1 Å². The summed E-state index contributed by atoms with van der Waals surface area (Å²) in [4.78, 5) is 12.7. The number of rotatable bonds is 5. The minimum absolute atomic E-state index is 0. The van der Waals surface area contributed by atoms with Crippen LogP contribution in [0.25, 0.3) is 0 Å². The SMILES string of the molecule is CC(C)(N)c1ccccc1C(OC(=O)c1ccccc1)c1ccccc1.Cl. The molecule has 3 aromatic rings. The minimum Gasteiger partial charge on any atom is -0.449 e. The number of ether oxygens (including phenoxy) is 1. The van der Waals surface area contributed by atoms with Gasteiger partial charge in [-0.15, -0.1) is 12.4 Å². The van der Waals surface area contributed by atoms with Gasteiger partial charge in [-0.3, -0.25) is 0 Å². The van der Waals surface area contributed by atoms with Crippen molar-refractivity contribution in [2.75, 3.05) is 0 Å². The Hall–Kier alpha value is -2.62. The molecule has 0 spiro atoms. The lowest BCUT2D eigenvalue weighted by molar-refractivity contribution is 0.0375. The molecule has 0 bridgehead atoms. The molecule has 0 fully saturated rings. The van der Waals surface area contributed by atoms with E-state index in [1.165, 1.54) is 0 Å². The molecule has 3 rings (SSSR count). The van der Waals surface area contributed by atoms with E-state index in [2.05, 4.69) is 0 Å². The summed E-state index contributed by atoms with van der Waals surface area (Å²) >= 11 is 0. The average molecular weight is 382 g/mol. The Morgan fingerprint density at radius 1 is 0.852 bits per heavy atom. The molecule has 140 valence electrons. The summed E-state index contributed by atoms with van der Waals surface area (Å²) in [6, 6.07) is 26.6. The molecule has 0 amide bonds. The normalized spacial score (nSPS) is 12.0. The van der Waals surface area contributed by atoms with Crippen molar-refractivity contribution in [2.24, 2.45) is 5.73 Å². The van der Waals surface area contributed by atoms with E-state index in [9.17, 15) is 4.79 Å². The molecule has 0 saturated heterocycles. The van der Waals surface area contributed by atoms with Gasteiger partial charge in [0.25, 0.3) is 0 Å². The zero-order chi connectivity index (χ0) is 18.6. The van der Waals surface area contributed by atoms with Crippen LogP contribution in [0, 0.1) is 0 Å². The average Bonchev–Trinajstić information content (AvgIpc) is 2.66. The maximum Gasteiger partial charge on any atom is 0.339 e. The van der Waals surface area contributed by atoms with Gasteiger partial charge in [0.1, 0.15) is 0 Å². The third-order valence-electron chi connectivity index (χ3n) is 4.27. The van der Waals surface area contributed by atoms with E-state index in [0.717, 1.165) is 16.7 Å². The smallest absolute Gasteiger partial charge is 0.339 e. The van der Waals surface area contributed by atoms with Crippen LogP contribution in [0.3, 0.4) is 0 Å². The number of esters is 1. The topological polar surface area (TPSA) is 52.3 Å². The van der Waals surface area contributed by atoms with Gasteiger partial charge < -0.3 is 10.5 Å². The molecule has 2 N–H and O–H groups in total. The van der Waals surface area contributed by atoms with E-state index in [4.69, 9.17) is 10.5 Å². The first-order valence-corrected chi connectivity index (χ1v) is 8.66. The standard InChI is InChI=1S/C23H23NO2.ClH/c1-23(2,24)20-16-10-9-15-19(20)21(17-11-5-3-6-12-17)26-22(25)18-13-7-4-8-14-18;/h3-16,21H,24H2,1-2H3;1H. The largest absolute Gasteiger partial charge is 0.449 e. The number of carbonyl (C=O) groups is 1. The van der Waals surface area contributed by atoms with Crippen molar-refractivity contribution >= 4 is 18.4 Å². The molecule has 3 nitrogen and oxygen atoms in total. The van der Waals surface area contributed by atoms with Gasteiger partial charge in [0.05, 0.1) is 5.56 Å². The highest BCUT2D eigenvalue weighted by atomic mass is 35.5. The van der Waals surface area contributed by atoms with Gasteiger partial charge in [0.15, 0.2) is 6.10 Å². The highest BCUT2D eigenvalue weighted by Crippen LogP contribution is 2.33. The van der Waals surface area contributed by atoms with Crippen LogP contribution in [0.5, 0.6) is 0 Å². The Labute approximate surface area is 166 Å². The third-order valence-corrected chi connectivity index (χ3v) is 4.27. The maximum absolute atomic E-state index is 12.7. The van der Waals surface area contributed by atoms with Gasteiger partial charge >= 0.3 is 5.97 Å². The highest BCUT2D eigenvalue weighted by Gasteiger charge is 2.27. The van der Waals surface area contributed by atoms with Crippen LogP contribution >= 0.6 is 12.4 Å². The number of benzene rings is 3. The molecule has 1 unspecified atom stereocenters. The van der Waals surface area contributed by atoms with E-state index >= 15 is 0 Å². The predicted octanol–water partition coefficient (Wildman–Crippen LogP) is 5.25. The summed E-state index contributed by atoms with van der Waals surface area (Å²) in [6.07, 6.45) is -0.525. The molecule has 3 aromatic carbocycles. The molecule has 0 saturated carbocycles. The van der Waals surface area contributed by atoms with Crippen LogP contribution in [0.2, 0.25) is 0 Å². The van der Waals surface area contributed by atoms with Crippen LogP contribution in [0.1, 0.15) is 47.0 Å². The molecule has 1 atom stereocenters. The highest BCUT2D eigenvalue weighted by molar-refractivity contribution is 5.89. The van der Waals surface area contributed by atoms with Gasteiger partial charge in [0.2, 0.25) is 0 Å². The quantitative estimate of drug-likeness (QED) is 0.614. The van der Waals surface area contributed by atoms with E-state index in [1.807, 2.05) is 86.6 Å². The molecular formula is C23H24ClNO2. The van der Waals surface area contributed by atoms with Crippen LogP contribution < -0.4 is 5.73 Å². The molecular weight excluding hydrogens is 358 g/mol. The summed E-state index contributed by atoms with van der Waals surface area (Å²) in [5.74, 6) is -0.357. The zero-order valence-electron chi connectivity index (χ0n) is 15.5. The summed E-state index contributed by atoms with van der Waals surface area (Å²) in [5, 5.41) is 0. The second-order valence-corrected chi connectivity index (χ2v) is 6.87. The second kappa shape index (κ2) is 8.85. The number of hydrogen-bond donors (Lipinski definition) is 1. The van der Waals surface area contributed by atoms with E-state index in [-0.39, 0.29) is 18.4 Å². The summed E-state index contributed by atoms with van der Waals surface area (Å²) in [6.45, 7) is 3.90. The third kappa shape index (κ3) is 4.97. The molecule has 0 heterocycles. The van der Waals surface area contributed by atoms with Gasteiger partial charge in [-0.1, -0.05) is 72.8 Å². The molecule has 0 aromatic heterocycles. The van der Waals surface area contributed by atoms with E-state index in [1.54, 1.807) is 12.1 Å². The zero-order valence-corrected chi connectivity index (χ0v) is 16.3. The van der Waals surface area contributed by atoms with E-state index < -0.39 is 11.6 Å². The van der Waals surface area contributed by atoms with Crippen molar-refractivity contribution in [3.63, 3.8) is 0 Å². The molecule has 4 heteroatoms. The first kappa shape index (κ1) is 20.7. The number of carbonyl (C=O) groups excluding carboxylic acids is 1.